The molecule has 1 N–H and O–H groups in total. The Morgan fingerprint density at radius 2 is 1.81 bits per heavy atom. The number of cyclic esters (lactones) is 2. The Morgan fingerprint density at radius 3 is 2.33 bits per heavy atom. The first-order chi connectivity index (χ1) is 16.6. The van der Waals surface area contributed by atoms with Gasteiger partial charge < -0.3 is 24.3 Å². The van der Waals surface area contributed by atoms with Crippen LogP contribution in [-0.4, -0.2) is 52.8 Å². The summed E-state index contributed by atoms with van der Waals surface area (Å²) in [7, 11) is 0. The summed E-state index contributed by atoms with van der Waals surface area (Å²) < 4.78 is 20.9. The predicted molar refractivity (Wildman–Crippen MR) is 125 cm³/mol. The third-order valence-electron chi connectivity index (χ3n) is 4.90. The highest BCUT2D eigenvalue weighted by Crippen LogP contribution is 2.30. The lowest BCUT2D eigenvalue weighted by molar-refractivity contribution is -0.385. The molecule has 1 atom stereocenters. The van der Waals surface area contributed by atoms with Gasteiger partial charge in [0.05, 0.1) is 17.6 Å². The number of carbonyl (C=O) groups is 4. The number of ketones is 1. The molecule has 1 aliphatic rings. The molecule has 1 saturated heterocycles. The Bertz CT molecular complexity index is 1010. The van der Waals surface area contributed by atoms with E-state index in [1.807, 2.05) is 6.92 Å². The van der Waals surface area contributed by atoms with Crippen LogP contribution >= 0.6 is 0 Å². The number of rotatable bonds is 10. The molecule has 1 aromatic rings. The molecule has 1 fully saturated rings. The zero-order chi connectivity index (χ0) is 27.3. The van der Waals surface area contributed by atoms with E-state index in [9.17, 15) is 29.3 Å². The second kappa shape index (κ2) is 11.4. The molecule has 0 spiro atoms. The molecular weight excluding hydrogens is 476 g/mol. The number of benzene rings is 1. The van der Waals surface area contributed by atoms with E-state index in [1.54, 1.807) is 20.8 Å². The normalized spacial score (nSPS) is 16.4. The van der Waals surface area contributed by atoms with Gasteiger partial charge in [0.15, 0.2) is 11.5 Å². The topological polar surface area (TPSA) is 160 Å². The smallest absolute Gasteiger partial charge is 0.408 e. The molecule has 1 aliphatic heterocycles. The van der Waals surface area contributed by atoms with Crippen LogP contribution in [0.25, 0.3) is 0 Å². The van der Waals surface area contributed by atoms with Crippen LogP contribution in [-0.2, 0) is 35.0 Å². The second-order valence-electron chi connectivity index (χ2n) is 9.74. The van der Waals surface area contributed by atoms with Crippen molar-refractivity contribution < 1.29 is 43.0 Å². The van der Waals surface area contributed by atoms with Gasteiger partial charge in [-0.1, -0.05) is 19.4 Å². The van der Waals surface area contributed by atoms with Gasteiger partial charge in [0, 0.05) is 26.3 Å². The van der Waals surface area contributed by atoms with Crippen LogP contribution in [0, 0.1) is 16.0 Å². The summed E-state index contributed by atoms with van der Waals surface area (Å²) in [6, 6.07) is 2.57. The van der Waals surface area contributed by atoms with Crippen molar-refractivity contribution in [2.24, 2.45) is 5.92 Å². The number of hydrogen-bond acceptors (Lipinski definition) is 10. The van der Waals surface area contributed by atoms with Crippen molar-refractivity contribution in [1.82, 2.24) is 5.32 Å². The summed E-state index contributed by atoms with van der Waals surface area (Å²) in [6.45, 7) is 9.74. The Morgan fingerprint density at radius 1 is 1.19 bits per heavy atom. The number of ether oxygens (including phenoxy) is 4. The molecule has 0 bridgehead atoms. The van der Waals surface area contributed by atoms with Crippen LogP contribution in [0.1, 0.15) is 59.9 Å². The van der Waals surface area contributed by atoms with Gasteiger partial charge in [0.25, 0.3) is 5.79 Å². The van der Waals surface area contributed by atoms with Crippen LogP contribution in [0.2, 0.25) is 0 Å². The van der Waals surface area contributed by atoms with E-state index in [0.717, 1.165) is 6.42 Å². The van der Waals surface area contributed by atoms with Crippen molar-refractivity contribution in [3.63, 3.8) is 0 Å². The molecule has 0 radical (unpaired) electrons. The number of nitro groups is 1. The third-order valence-corrected chi connectivity index (χ3v) is 4.90. The van der Waals surface area contributed by atoms with E-state index in [0.29, 0.717) is 12.0 Å². The Hall–Kier alpha value is -3.70. The molecule has 0 aliphatic carbocycles. The van der Waals surface area contributed by atoms with Gasteiger partial charge in [0.2, 0.25) is 5.92 Å². The zero-order valence-electron chi connectivity index (χ0n) is 21.2. The minimum absolute atomic E-state index is 0.00680. The third kappa shape index (κ3) is 7.92. The SMILES string of the molecule is CCCCOc1cc(CC(NC(=O)OC(C)(C)C)C(=O)C2C(=O)OC(C)(C)OC2=O)ccc1[N+](=O)[O-]. The largest absolute Gasteiger partial charge is 0.487 e. The molecule has 36 heavy (non-hydrogen) atoms. The van der Waals surface area contributed by atoms with Crippen LogP contribution < -0.4 is 10.1 Å². The van der Waals surface area contributed by atoms with E-state index in [2.05, 4.69) is 5.32 Å². The number of carbonyl (C=O) groups excluding carboxylic acids is 4. The highest BCUT2D eigenvalue weighted by Gasteiger charge is 2.49. The molecule has 198 valence electrons. The fraction of sp³-hybridized carbons (Fsp3) is 0.583. The number of nitro benzene ring substituents is 1. The molecule has 12 nitrogen and oxygen atoms in total. The molecule has 12 heteroatoms. The van der Waals surface area contributed by atoms with Crippen molar-refractivity contribution in [3.8, 4) is 5.75 Å². The summed E-state index contributed by atoms with van der Waals surface area (Å²) in [5, 5.41) is 13.8. The Balaban J connectivity index is 2.37. The van der Waals surface area contributed by atoms with Crippen LogP contribution in [0.3, 0.4) is 0 Å². The van der Waals surface area contributed by atoms with Gasteiger partial charge in [-0.15, -0.1) is 0 Å². The van der Waals surface area contributed by atoms with E-state index in [-0.39, 0.29) is 24.5 Å². The molecule has 2 rings (SSSR count). The summed E-state index contributed by atoms with van der Waals surface area (Å²) in [5.74, 6) is -6.65. The van der Waals surface area contributed by atoms with E-state index in [4.69, 9.17) is 18.9 Å². The average Bonchev–Trinajstić information content (AvgIpc) is 2.70. The first-order valence-corrected chi connectivity index (χ1v) is 11.5. The summed E-state index contributed by atoms with van der Waals surface area (Å²) >= 11 is 0. The lowest BCUT2D eigenvalue weighted by Gasteiger charge is -2.33. The van der Waals surface area contributed by atoms with Crippen molar-refractivity contribution in [2.45, 2.75) is 78.2 Å². The molecule has 0 aromatic heterocycles. The second-order valence-corrected chi connectivity index (χ2v) is 9.74. The van der Waals surface area contributed by atoms with Crippen molar-refractivity contribution >= 4 is 29.5 Å². The van der Waals surface area contributed by atoms with Crippen molar-refractivity contribution in [3.05, 3.63) is 33.9 Å². The van der Waals surface area contributed by atoms with Gasteiger partial charge in [-0.2, -0.15) is 0 Å². The Labute approximate surface area is 208 Å². The number of Topliss-reactive ketones (excluding diaryl/α,β-unsaturated/α-hetero) is 1. The standard InChI is InChI=1S/C24H32N2O10/c1-7-8-11-33-17-13-14(9-10-16(17)26(31)32)12-15(25-22(30)36-23(2,3)4)19(27)18-20(28)34-24(5,6)35-21(18)29/h9-10,13,15,18H,7-8,11-12H2,1-6H3,(H,25,30). The minimum Gasteiger partial charge on any atom is -0.487 e. The highest BCUT2D eigenvalue weighted by atomic mass is 16.7. The Kier molecular flexibility index (Phi) is 9.00. The molecule has 1 heterocycles. The fourth-order valence-corrected chi connectivity index (χ4v) is 3.34. The fourth-order valence-electron chi connectivity index (χ4n) is 3.34. The summed E-state index contributed by atoms with van der Waals surface area (Å²) in [4.78, 5) is 61.5. The summed E-state index contributed by atoms with van der Waals surface area (Å²) in [6.07, 6.45) is 0.305. The first-order valence-electron chi connectivity index (χ1n) is 11.5. The van der Waals surface area contributed by atoms with E-state index < -0.39 is 52.1 Å². The summed E-state index contributed by atoms with van der Waals surface area (Å²) in [5.41, 5.74) is -0.781. The van der Waals surface area contributed by atoms with Gasteiger partial charge in [0.1, 0.15) is 5.60 Å². The molecular formula is C24H32N2O10. The van der Waals surface area contributed by atoms with Gasteiger partial charge in [-0.3, -0.25) is 24.5 Å². The number of amides is 1. The highest BCUT2D eigenvalue weighted by molar-refractivity contribution is 6.17. The molecule has 1 unspecified atom stereocenters. The van der Waals surface area contributed by atoms with Crippen LogP contribution in [0.15, 0.2) is 18.2 Å². The first kappa shape index (κ1) is 28.5. The van der Waals surface area contributed by atoms with Crippen LogP contribution in [0.4, 0.5) is 10.5 Å². The van der Waals surface area contributed by atoms with Crippen molar-refractivity contribution in [2.75, 3.05) is 6.61 Å². The molecule has 1 aromatic carbocycles. The maximum atomic E-state index is 13.3. The molecule has 0 saturated carbocycles. The predicted octanol–water partition coefficient (Wildman–Crippen LogP) is 3.23. The number of nitrogens with one attached hydrogen (secondary N) is 1. The minimum atomic E-state index is -1.92. The van der Waals surface area contributed by atoms with Gasteiger partial charge >= 0.3 is 23.7 Å². The number of esters is 2. The number of nitrogens with zero attached hydrogens (tertiary/aromatic N) is 1. The number of hydrogen-bond donors (Lipinski definition) is 1. The van der Waals surface area contributed by atoms with Gasteiger partial charge in [-0.05, 0) is 38.8 Å². The molecule has 1 amide bonds. The lowest BCUT2D eigenvalue weighted by atomic mass is 9.92. The lowest BCUT2D eigenvalue weighted by Crippen LogP contribution is -2.55. The number of unbranched alkanes of at least 4 members (excludes halogenated alkanes) is 1. The number of alkyl carbamates (subject to hydrolysis) is 1. The average molecular weight is 509 g/mol. The van der Waals surface area contributed by atoms with E-state index >= 15 is 0 Å². The maximum absolute atomic E-state index is 13.3. The van der Waals surface area contributed by atoms with Crippen molar-refractivity contribution in [1.29, 1.82) is 0 Å². The maximum Gasteiger partial charge on any atom is 0.408 e. The monoisotopic (exact) mass is 508 g/mol. The van der Waals surface area contributed by atoms with Gasteiger partial charge in [-0.25, -0.2) is 4.79 Å². The van der Waals surface area contributed by atoms with Crippen LogP contribution in [0.5, 0.6) is 5.75 Å². The quantitative estimate of drug-likeness (QED) is 0.163. The van der Waals surface area contributed by atoms with E-state index in [1.165, 1.54) is 32.0 Å². The zero-order valence-corrected chi connectivity index (χ0v) is 21.2.